The van der Waals surface area contributed by atoms with Crippen LogP contribution in [-0.2, 0) is 9.16 Å². The van der Waals surface area contributed by atoms with Crippen LogP contribution in [0.15, 0.2) is 12.3 Å². The summed E-state index contributed by atoms with van der Waals surface area (Å²) in [5.41, 5.74) is 0. The van der Waals surface area contributed by atoms with Crippen molar-refractivity contribution in [1.29, 1.82) is 0 Å². The van der Waals surface area contributed by atoms with E-state index in [1.807, 2.05) is 6.08 Å². The van der Waals surface area contributed by atoms with Gasteiger partial charge in [-0.2, -0.15) is 0 Å². The Morgan fingerprint density at radius 2 is 1.90 bits per heavy atom. The molecule has 0 atom stereocenters. The van der Waals surface area contributed by atoms with Crippen molar-refractivity contribution < 1.29 is 9.16 Å². The van der Waals surface area contributed by atoms with E-state index in [2.05, 4.69) is 19.6 Å². The molecule has 0 aliphatic heterocycles. The minimum absolute atomic E-state index is 0.629. The van der Waals surface area contributed by atoms with Crippen LogP contribution in [-0.4, -0.2) is 22.0 Å². The molecule has 2 nitrogen and oxygen atoms in total. The van der Waals surface area contributed by atoms with E-state index in [-0.39, 0.29) is 0 Å². The van der Waals surface area contributed by atoms with E-state index in [0.717, 1.165) is 0 Å². The molecule has 0 aromatic heterocycles. The number of rotatable bonds is 4. The predicted octanol–water partition coefficient (Wildman–Crippen LogP) is 2.00. The molecule has 60 valence electrons. The predicted molar refractivity (Wildman–Crippen MR) is 45.4 cm³/mol. The Bertz CT molecular complexity index is 105. The van der Waals surface area contributed by atoms with Crippen LogP contribution in [0.5, 0.6) is 0 Å². The second-order valence-corrected chi connectivity index (χ2v) is 7.52. The maximum absolute atomic E-state index is 5.41. The Hall–Kier alpha value is -0.283. The minimum Gasteiger partial charge on any atom is -0.550 e. The fraction of sp³-hybridized carbons (Fsp3) is 0.714. The molecule has 0 aliphatic rings. The number of hydrogen-bond donors (Lipinski definition) is 0. The molecule has 0 saturated heterocycles. The van der Waals surface area contributed by atoms with Crippen LogP contribution in [0.25, 0.3) is 0 Å². The van der Waals surface area contributed by atoms with E-state index in [4.69, 9.17) is 9.16 Å². The lowest BCUT2D eigenvalue weighted by Crippen LogP contribution is -2.21. The Morgan fingerprint density at radius 3 is 2.30 bits per heavy atom. The van der Waals surface area contributed by atoms with Gasteiger partial charge in [0.1, 0.15) is 0 Å². The van der Waals surface area contributed by atoms with E-state index in [1.165, 1.54) is 0 Å². The summed E-state index contributed by atoms with van der Waals surface area (Å²) in [5, 5.41) is 0. The summed E-state index contributed by atoms with van der Waals surface area (Å²) in [5.74, 6) is 0. The zero-order valence-corrected chi connectivity index (χ0v) is 8.18. The van der Waals surface area contributed by atoms with Crippen molar-refractivity contribution in [3.05, 3.63) is 12.3 Å². The van der Waals surface area contributed by atoms with Crippen LogP contribution in [0, 0.1) is 0 Å². The van der Waals surface area contributed by atoms with Gasteiger partial charge in [0.15, 0.2) is 0 Å². The van der Waals surface area contributed by atoms with Gasteiger partial charge in [-0.15, -0.1) is 0 Å². The van der Waals surface area contributed by atoms with Gasteiger partial charge in [-0.05, 0) is 25.7 Å². The highest BCUT2D eigenvalue weighted by molar-refractivity contribution is 6.69. The lowest BCUT2D eigenvalue weighted by atomic mass is 10.7. The van der Waals surface area contributed by atoms with Crippen molar-refractivity contribution >= 4 is 8.32 Å². The summed E-state index contributed by atoms with van der Waals surface area (Å²) < 4.78 is 10.2. The molecule has 0 saturated carbocycles. The lowest BCUT2D eigenvalue weighted by Gasteiger charge is -2.14. The molecule has 0 heterocycles. The van der Waals surface area contributed by atoms with Crippen LogP contribution < -0.4 is 0 Å². The third kappa shape index (κ3) is 7.72. The van der Waals surface area contributed by atoms with Gasteiger partial charge in [-0.1, -0.05) is 0 Å². The topological polar surface area (TPSA) is 18.5 Å². The van der Waals surface area contributed by atoms with E-state index < -0.39 is 8.32 Å². The largest absolute Gasteiger partial charge is 0.550 e. The first-order valence-electron chi connectivity index (χ1n) is 3.38. The van der Waals surface area contributed by atoms with Gasteiger partial charge in [0, 0.05) is 7.11 Å². The van der Waals surface area contributed by atoms with E-state index in [9.17, 15) is 0 Å². The molecule has 0 aromatic carbocycles. The van der Waals surface area contributed by atoms with Gasteiger partial charge >= 0.3 is 0 Å². The Kier molecular flexibility index (Phi) is 4.39. The highest BCUT2D eigenvalue weighted by Gasteiger charge is 2.12. The maximum atomic E-state index is 5.41. The first-order valence-corrected chi connectivity index (χ1v) is 6.79. The van der Waals surface area contributed by atoms with Gasteiger partial charge in [-0.25, -0.2) is 0 Å². The third-order valence-corrected chi connectivity index (χ3v) is 1.62. The standard InChI is InChI=1S/C7H16O2Si/c1-8-6-5-7-9-10(2,3)4/h5,7H,6H2,1-4H3. The number of methoxy groups -OCH3 is 1. The van der Waals surface area contributed by atoms with E-state index >= 15 is 0 Å². The van der Waals surface area contributed by atoms with Crippen LogP contribution >= 0.6 is 0 Å². The Balaban J connectivity index is 3.34. The average molecular weight is 160 g/mol. The minimum atomic E-state index is -1.35. The smallest absolute Gasteiger partial charge is 0.241 e. The summed E-state index contributed by atoms with van der Waals surface area (Å²) >= 11 is 0. The maximum Gasteiger partial charge on any atom is 0.241 e. The molecular formula is C7H16O2Si. The average Bonchev–Trinajstić information content (AvgIpc) is 1.78. The third-order valence-electron chi connectivity index (χ3n) is 0.781. The summed E-state index contributed by atoms with van der Waals surface area (Å²) in [6.45, 7) is 7.06. The van der Waals surface area contributed by atoms with Crippen LogP contribution in [0.1, 0.15) is 0 Å². The Labute approximate surface area is 64.0 Å². The quantitative estimate of drug-likeness (QED) is 0.462. The molecule has 10 heavy (non-hydrogen) atoms. The number of ether oxygens (including phenoxy) is 1. The lowest BCUT2D eigenvalue weighted by molar-refractivity contribution is 0.232. The summed E-state index contributed by atoms with van der Waals surface area (Å²) in [6.07, 6.45) is 3.61. The highest BCUT2D eigenvalue weighted by Crippen LogP contribution is 2.01. The zero-order valence-electron chi connectivity index (χ0n) is 7.18. The molecule has 0 unspecified atom stereocenters. The van der Waals surface area contributed by atoms with Crippen LogP contribution in [0.3, 0.4) is 0 Å². The summed E-state index contributed by atoms with van der Waals surface area (Å²) in [6, 6.07) is 0. The van der Waals surface area contributed by atoms with Crippen molar-refractivity contribution in [3.8, 4) is 0 Å². The van der Waals surface area contributed by atoms with Crippen molar-refractivity contribution in [2.24, 2.45) is 0 Å². The normalized spacial score (nSPS) is 12.4. The van der Waals surface area contributed by atoms with Gasteiger partial charge < -0.3 is 9.16 Å². The zero-order chi connectivity index (χ0) is 8.04. The van der Waals surface area contributed by atoms with Crippen molar-refractivity contribution in [2.45, 2.75) is 19.6 Å². The number of hydrogen-bond acceptors (Lipinski definition) is 2. The van der Waals surface area contributed by atoms with Crippen molar-refractivity contribution in [3.63, 3.8) is 0 Å². The Morgan fingerprint density at radius 1 is 1.30 bits per heavy atom. The van der Waals surface area contributed by atoms with Gasteiger partial charge in [0.25, 0.3) is 0 Å². The molecule has 0 N–H and O–H groups in total. The molecule has 0 spiro atoms. The highest BCUT2D eigenvalue weighted by atomic mass is 28.4. The molecule has 3 heteroatoms. The fourth-order valence-corrected chi connectivity index (χ4v) is 0.892. The van der Waals surface area contributed by atoms with Gasteiger partial charge in [-0.3, -0.25) is 0 Å². The molecule has 0 aliphatic carbocycles. The first kappa shape index (κ1) is 9.72. The summed E-state index contributed by atoms with van der Waals surface area (Å²) in [4.78, 5) is 0. The van der Waals surface area contributed by atoms with Crippen molar-refractivity contribution in [2.75, 3.05) is 13.7 Å². The molecule has 0 amide bonds. The van der Waals surface area contributed by atoms with Crippen LogP contribution in [0.2, 0.25) is 19.6 Å². The first-order chi connectivity index (χ1) is 4.56. The molecule has 0 aromatic rings. The van der Waals surface area contributed by atoms with Gasteiger partial charge in [0.2, 0.25) is 8.32 Å². The second kappa shape index (κ2) is 4.52. The van der Waals surface area contributed by atoms with Crippen molar-refractivity contribution in [1.82, 2.24) is 0 Å². The molecular weight excluding hydrogens is 144 g/mol. The monoisotopic (exact) mass is 160 g/mol. The molecule has 0 fully saturated rings. The molecule has 0 radical (unpaired) electrons. The van der Waals surface area contributed by atoms with Gasteiger partial charge in [0.05, 0.1) is 12.9 Å². The molecule has 0 bridgehead atoms. The summed E-state index contributed by atoms with van der Waals surface area (Å²) in [7, 11) is 0.316. The SMILES string of the molecule is COCC=CO[Si](C)(C)C. The fourth-order valence-electron chi connectivity index (χ4n) is 0.388. The van der Waals surface area contributed by atoms with E-state index in [0.29, 0.717) is 6.61 Å². The van der Waals surface area contributed by atoms with E-state index in [1.54, 1.807) is 13.4 Å². The second-order valence-electron chi connectivity index (χ2n) is 3.06. The van der Waals surface area contributed by atoms with Crippen LogP contribution in [0.4, 0.5) is 0 Å². The molecule has 0 rings (SSSR count).